The Morgan fingerprint density at radius 2 is 2.57 bits per heavy atom. The molecule has 0 aliphatic carbocycles. The van der Waals surface area contributed by atoms with Gasteiger partial charge in [0.15, 0.2) is 5.82 Å². The van der Waals surface area contributed by atoms with Crippen molar-refractivity contribution in [2.75, 3.05) is 18.0 Å². The lowest BCUT2D eigenvalue weighted by molar-refractivity contribution is -0.140. The Hall–Kier alpha value is -1.52. The molecule has 2 N–H and O–H groups in total. The van der Waals surface area contributed by atoms with E-state index in [1.807, 2.05) is 17.9 Å². The molecule has 1 saturated heterocycles. The normalized spacial score (nSPS) is 21.5. The highest BCUT2D eigenvalue weighted by atomic mass is 16.4. The third-order valence-corrected chi connectivity index (χ3v) is 2.55. The lowest BCUT2D eigenvalue weighted by Crippen LogP contribution is -2.22. The van der Waals surface area contributed by atoms with Gasteiger partial charge in [-0.25, -0.2) is 0 Å². The maximum absolute atomic E-state index is 10.7. The second-order valence-corrected chi connectivity index (χ2v) is 3.68. The highest BCUT2D eigenvalue weighted by Gasteiger charge is 2.28. The number of aromatic nitrogens is 2. The number of carboxylic acids is 1. The lowest BCUT2D eigenvalue weighted by atomic mass is 10.1. The molecule has 1 atom stereocenters. The van der Waals surface area contributed by atoms with E-state index in [2.05, 4.69) is 10.2 Å². The summed E-state index contributed by atoms with van der Waals surface area (Å²) in [7, 11) is 0. The van der Waals surface area contributed by atoms with Crippen LogP contribution >= 0.6 is 0 Å². The average Bonchev–Trinajstić information content (AvgIpc) is 2.70. The standard InChI is InChI=1S/C9H13N3O2/c1-6-4-8(11-10-6)12-3-2-7(5-12)9(13)14/h4,7H,2-3,5H2,1H3,(H,10,11)(H,13,14)/t7-/m1/s1. The van der Waals surface area contributed by atoms with Gasteiger partial charge in [0.2, 0.25) is 0 Å². The van der Waals surface area contributed by atoms with Crippen LogP contribution in [0.4, 0.5) is 5.82 Å². The van der Waals surface area contributed by atoms with E-state index in [9.17, 15) is 4.79 Å². The Balaban J connectivity index is 2.05. The highest BCUT2D eigenvalue weighted by molar-refractivity contribution is 5.71. The number of aryl methyl sites for hydroxylation is 1. The topological polar surface area (TPSA) is 69.2 Å². The van der Waals surface area contributed by atoms with Gasteiger partial charge in [0, 0.05) is 24.8 Å². The molecule has 2 rings (SSSR count). The van der Waals surface area contributed by atoms with Crippen molar-refractivity contribution in [1.82, 2.24) is 10.2 Å². The molecule has 76 valence electrons. The number of nitrogens with zero attached hydrogens (tertiary/aromatic N) is 2. The smallest absolute Gasteiger partial charge is 0.308 e. The van der Waals surface area contributed by atoms with E-state index < -0.39 is 5.97 Å². The largest absolute Gasteiger partial charge is 0.481 e. The van der Waals surface area contributed by atoms with Crippen LogP contribution in [-0.2, 0) is 4.79 Å². The molecular weight excluding hydrogens is 182 g/mol. The number of aliphatic carboxylic acids is 1. The van der Waals surface area contributed by atoms with Gasteiger partial charge in [0.05, 0.1) is 5.92 Å². The van der Waals surface area contributed by atoms with Crippen LogP contribution in [0.25, 0.3) is 0 Å². The molecule has 2 heterocycles. The lowest BCUT2D eigenvalue weighted by Gasteiger charge is -2.13. The van der Waals surface area contributed by atoms with Gasteiger partial charge in [-0.2, -0.15) is 5.10 Å². The van der Waals surface area contributed by atoms with Crippen molar-refractivity contribution in [1.29, 1.82) is 0 Å². The SMILES string of the molecule is Cc1cc(N2CC[C@@H](C(=O)O)C2)n[nH]1. The molecule has 14 heavy (non-hydrogen) atoms. The predicted molar refractivity (Wildman–Crippen MR) is 51.3 cm³/mol. The fourth-order valence-electron chi connectivity index (χ4n) is 1.74. The molecule has 1 fully saturated rings. The Labute approximate surface area is 81.7 Å². The molecule has 0 bridgehead atoms. The highest BCUT2D eigenvalue weighted by Crippen LogP contribution is 2.22. The first-order valence-electron chi connectivity index (χ1n) is 4.66. The first-order valence-corrected chi connectivity index (χ1v) is 4.66. The number of aromatic amines is 1. The number of carboxylic acid groups (broad SMARTS) is 1. The van der Waals surface area contributed by atoms with Crippen molar-refractivity contribution in [3.05, 3.63) is 11.8 Å². The minimum atomic E-state index is -0.709. The van der Waals surface area contributed by atoms with E-state index in [0.29, 0.717) is 13.0 Å². The molecule has 1 aromatic heterocycles. The summed E-state index contributed by atoms with van der Waals surface area (Å²) in [4.78, 5) is 12.7. The first kappa shape index (κ1) is 9.05. The number of nitrogens with one attached hydrogen (secondary N) is 1. The van der Waals surface area contributed by atoms with Crippen LogP contribution in [0.15, 0.2) is 6.07 Å². The van der Waals surface area contributed by atoms with Crippen LogP contribution in [0, 0.1) is 12.8 Å². The monoisotopic (exact) mass is 195 g/mol. The zero-order valence-electron chi connectivity index (χ0n) is 8.03. The fraction of sp³-hybridized carbons (Fsp3) is 0.556. The molecule has 0 unspecified atom stereocenters. The number of rotatable bonds is 2. The van der Waals surface area contributed by atoms with E-state index in [4.69, 9.17) is 5.11 Å². The summed E-state index contributed by atoms with van der Waals surface area (Å²) in [6, 6.07) is 1.93. The molecule has 1 aromatic rings. The Morgan fingerprint density at radius 3 is 3.07 bits per heavy atom. The maximum atomic E-state index is 10.7. The summed E-state index contributed by atoms with van der Waals surface area (Å²) in [6.07, 6.45) is 0.710. The second kappa shape index (κ2) is 3.32. The van der Waals surface area contributed by atoms with E-state index in [1.54, 1.807) is 0 Å². The molecule has 0 amide bonds. The minimum absolute atomic E-state index is 0.244. The van der Waals surface area contributed by atoms with E-state index in [1.165, 1.54) is 0 Å². The number of carbonyl (C=O) groups is 1. The number of hydrogen-bond acceptors (Lipinski definition) is 3. The average molecular weight is 195 g/mol. The summed E-state index contributed by atoms with van der Waals surface area (Å²) in [5, 5.41) is 15.8. The zero-order valence-corrected chi connectivity index (χ0v) is 8.03. The fourth-order valence-corrected chi connectivity index (χ4v) is 1.74. The molecule has 5 heteroatoms. The van der Waals surface area contributed by atoms with Crippen molar-refractivity contribution in [3.8, 4) is 0 Å². The van der Waals surface area contributed by atoms with Crippen LogP contribution < -0.4 is 4.90 Å². The van der Waals surface area contributed by atoms with Gasteiger partial charge in [-0.1, -0.05) is 0 Å². The summed E-state index contributed by atoms with van der Waals surface area (Å²) in [5.74, 6) is -0.0991. The van der Waals surface area contributed by atoms with Gasteiger partial charge in [-0.05, 0) is 13.3 Å². The second-order valence-electron chi connectivity index (χ2n) is 3.68. The van der Waals surface area contributed by atoms with Crippen molar-refractivity contribution in [2.24, 2.45) is 5.92 Å². The van der Waals surface area contributed by atoms with Crippen molar-refractivity contribution in [2.45, 2.75) is 13.3 Å². The summed E-state index contributed by atoms with van der Waals surface area (Å²) in [6.45, 7) is 3.28. The van der Waals surface area contributed by atoms with Crippen LogP contribution in [0.5, 0.6) is 0 Å². The van der Waals surface area contributed by atoms with Crippen molar-refractivity contribution in [3.63, 3.8) is 0 Å². The molecule has 0 radical (unpaired) electrons. The molecular formula is C9H13N3O2. The van der Waals surface area contributed by atoms with E-state index in [0.717, 1.165) is 18.1 Å². The Morgan fingerprint density at radius 1 is 1.79 bits per heavy atom. The third-order valence-electron chi connectivity index (χ3n) is 2.55. The first-order chi connectivity index (χ1) is 6.66. The van der Waals surface area contributed by atoms with Crippen molar-refractivity contribution < 1.29 is 9.90 Å². The zero-order chi connectivity index (χ0) is 10.1. The van der Waals surface area contributed by atoms with Gasteiger partial charge in [-0.15, -0.1) is 0 Å². The summed E-state index contributed by atoms with van der Waals surface area (Å²) in [5.41, 5.74) is 0.999. The Bertz CT molecular complexity index is 348. The van der Waals surface area contributed by atoms with Crippen LogP contribution in [0.3, 0.4) is 0 Å². The maximum Gasteiger partial charge on any atom is 0.308 e. The van der Waals surface area contributed by atoms with Gasteiger partial charge in [0.25, 0.3) is 0 Å². The van der Waals surface area contributed by atoms with Crippen LogP contribution in [0.2, 0.25) is 0 Å². The molecule has 0 aromatic carbocycles. The van der Waals surface area contributed by atoms with Crippen LogP contribution in [0.1, 0.15) is 12.1 Å². The molecule has 5 nitrogen and oxygen atoms in total. The van der Waals surface area contributed by atoms with Gasteiger partial charge < -0.3 is 10.0 Å². The van der Waals surface area contributed by atoms with E-state index in [-0.39, 0.29) is 5.92 Å². The van der Waals surface area contributed by atoms with Crippen LogP contribution in [-0.4, -0.2) is 34.4 Å². The van der Waals surface area contributed by atoms with Crippen molar-refractivity contribution >= 4 is 11.8 Å². The molecule has 0 saturated carbocycles. The quantitative estimate of drug-likeness (QED) is 0.726. The summed E-state index contributed by atoms with van der Waals surface area (Å²) < 4.78 is 0. The van der Waals surface area contributed by atoms with Gasteiger partial charge in [0.1, 0.15) is 0 Å². The van der Waals surface area contributed by atoms with E-state index >= 15 is 0 Å². The Kier molecular flexibility index (Phi) is 2.15. The summed E-state index contributed by atoms with van der Waals surface area (Å²) >= 11 is 0. The van der Waals surface area contributed by atoms with Gasteiger partial charge >= 0.3 is 5.97 Å². The number of H-pyrrole nitrogens is 1. The van der Waals surface area contributed by atoms with Gasteiger partial charge in [-0.3, -0.25) is 9.89 Å². The molecule has 1 aliphatic heterocycles. The third kappa shape index (κ3) is 1.57. The number of hydrogen-bond donors (Lipinski definition) is 2. The predicted octanol–water partition coefficient (Wildman–Crippen LogP) is 0.629. The minimum Gasteiger partial charge on any atom is -0.481 e. The molecule has 1 aliphatic rings. The number of anilines is 1. The molecule has 0 spiro atoms.